The molecule has 0 unspecified atom stereocenters. The first-order valence-electron chi connectivity index (χ1n) is 6.47. The molecular formula is C13H23N3O2. The Bertz CT molecular complexity index is 374. The third kappa shape index (κ3) is 4.87. The summed E-state index contributed by atoms with van der Waals surface area (Å²) in [5.41, 5.74) is 2.26. The number of nitrogens with zero attached hydrogens (tertiary/aromatic N) is 2. The maximum absolute atomic E-state index is 11.6. The van der Waals surface area contributed by atoms with Crippen molar-refractivity contribution in [1.82, 2.24) is 15.1 Å². The van der Waals surface area contributed by atoms with Crippen molar-refractivity contribution in [2.75, 3.05) is 19.8 Å². The topological polar surface area (TPSA) is 56.1 Å². The normalized spacial score (nSPS) is 10.6. The Morgan fingerprint density at radius 2 is 2.33 bits per heavy atom. The molecule has 5 heteroatoms. The predicted molar refractivity (Wildman–Crippen MR) is 70.4 cm³/mol. The van der Waals surface area contributed by atoms with Crippen LogP contribution in [0.15, 0.2) is 6.20 Å². The Labute approximate surface area is 109 Å². The van der Waals surface area contributed by atoms with Gasteiger partial charge in [0.25, 0.3) is 0 Å². The third-order valence-corrected chi connectivity index (χ3v) is 2.95. The molecule has 5 nitrogen and oxygen atoms in total. The Hall–Kier alpha value is -1.36. The second kappa shape index (κ2) is 7.87. The molecule has 0 spiro atoms. The molecule has 0 radical (unpaired) electrons. The summed E-state index contributed by atoms with van der Waals surface area (Å²) in [4.78, 5) is 11.6. The lowest BCUT2D eigenvalue weighted by Crippen LogP contribution is -2.25. The van der Waals surface area contributed by atoms with Crippen LogP contribution in [0.25, 0.3) is 0 Å². The summed E-state index contributed by atoms with van der Waals surface area (Å²) in [6.45, 7) is 6.11. The fourth-order valence-electron chi connectivity index (χ4n) is 1.67. The first kappa shape index (κ1) is 14.7. The van der Waals surface area contributed by atoms with E-state index in [2.05, 4.69) is 10.4 Å². The summed E-state index contributed by atoms with van der Waals surface area (Å²) in [7, 11) is 1.91. The highest BCUT2D eigenvalue weighted by atomic mass is 16.5. The van der Waals surface area contributed by atoms with E-state index in [9.17, 15) is 4.79 Å². The van der Waals surface area contributed by atoms with Crippen molar-refractivity contribution < 1.29 is 9.53 Å². The van der Waals surface area contributed by atoms with E-state index in [0.717, 1.165) is 30.7 Å². The van der Waals surface area contributed by atoms with Gasteiger partial charge in [-0.15, -0.1) is 0 Å². The Morgan fingerprint density at radius 1 is 1.56 bits per heavy atom. The predicted octanol–water partition coefficient (Wildman–Crippen LogP) is 1.20. The summed E-state index contributed by atoms with van der Waals surface area (Å²) < 4.78 is 7.03. The van der Waals surface area contributed by atoms with Gasteiger partial charge in [-0.2, -0.15) is 5.10 Å². The molecule has 1 rings (SSSR count). The van der Waals surface area contributed by atoms with Crippen LogP contribution in [0.4, 0.5) is 0 Å². The van der Waals surface area contributed by atoms with Gasteiger partial charge in [0.05, 0.1) is 6.20 Å². The second-order valence-corrected chi connectivity index (χ2v) is 4.28. The summed E-state index contributed by atoms with van der Waals surface area (Å²) in [6, 6.07) is 0. The highest BCUT2D eigenvalue weighted by Gasteiger charge is 2.06. The van der Waals surface area contributed by atoms with Gasteiger partial charge < -0.3 is 10.1 Å². The number of nitrogens with one attached hydrogen (secondary N) is 1. The van der Waals surface area contributed by atoms with E-state index < -0.39 is 0 Å². The number of aromatic nitrogens is 2. The van der Waals surface area contributed by atoms with Gasteiger partial charge in [0.1, 0.15) is 0 Å². The van der Waals surface area contributed by atoms with Crippen molar-refractivity contribution in [3.63, 3.8) is 0 Å². The number of carbonyl (C=O) groups excluding carboxylic acids is 1. The smallest absolute Gasteiger partial charge is 0.220 e. The van der Waals surface area contributed by atoms with Crippen molar-refractivity contribution in [2.24, 2.45) is 7.05 Å². The molecule has 1 aromatic rings. The van der Waals surface area contributed by atoms with E-state index in [4.69, 9.17) is 4.74 Å². The van der Waals surface area contributed by atoms with Gasteiger partial charge in [-0.25, -0.2) is 0 Å². The van der Waals surface area contributed by atoms with E-state index in [1.165, 1.54) is 0 Å². The number of rotatable bonds is 8. The van der Waals surface area contributed by atoms with Crippen LogP contribution in [0, 0.1) is 6.92 Å². The van der Waals surface area contributed by atoms with Gasteiger partial charge in [0, 0.05) is 38.9 Å². The maximum Gasteiger partial charge on any atom is 0.220 e. The van der Waals surface area contributed by atoms with Crippen molar-refractivity contribution in [3.8, 4) is 0 Å². The third-order valence-electron chi connectivity index (χ3n) is 2.95. The zero-order valence-electron chi connectivity index (χ0n) is 11.5. The highest BCUT2D eigenvalue weighted by molar-refractivity contribution is 5.76. The fraction of sp³-hybridized carbons (Fsp3) is 0.692. The van der Waals surface area contributed by atoms with Gasteiger partial charge >= 0.3 is 0 Å². The number of ether oxygens (including phenoxy) is 1. The molecular weight excluding hydrogens is 230 g/mol. The molecule has 0 atom stereocenters. The zero-order valence-corrected chi connectivity index (χ0v) is 11.5. The molecule has 0 bridgehead atoms. The van der Waals surface area contributed by atoms with Crippen LogP contribution in [0.1, 0.15) is 31.0 Å². The van der Waals surface area contributed by atoms with Crippen LogP contribution in [-0.4, -0.2) is 35.4 Å². The van der Waals surface area contributed by atoms with E-state index in [-0.39, 0.29) is 5.91 Å². The average molecular weight is 253 g/mol. The van der Waals surface area contributed by atoms with Gasteiger partial charge in [0.15, 0.2) is 0 Å². The molecule has 1 amide bonds. The molecule has 1 heterocycles. The summed E-state index contributed by atoms with van der Waals surface area (Å²) in [5, 5.41) is 7.05. The summed E-state index contributed by atoms with van der Waals surface area (Å²) in [6.07, 6.45) is 3.96. The van der Waals surface area contributed by atoms with Crippen LogP contribution in [0.3, 0.4) is 0 Å². The Kier molecular flexibility index (Phi) is 6.43. The molecule has 0 aliphatic carbocycles. The molecule has 1 N–H and O–H groups in total. The first-order valence-corrected chi connectivity index (χ1v) is 6.47. The molecule has 102 valence electrons. The lowest BCUT2D eigenvalue weighted by Gasteiger charge is -2.05. The van der Waals surface area contributed by atoms with Crippen molar-refractivity contribution in [3.05, 3.63) is 17.5 Å². The lowest BCUT2D eigenvalue weighted by atomic mass is 10.1. The number of amides is 1. The van der Waals surface area contributed by atoms with E-state index in [1.54, 1.807) is 0 Å². The standard InChI is InChI=1S/C13H23N3O2/c1-4-18-9-5-8-14-13(17)7-6-12-10-15-16(3)11(12)2/h10H,4-9H2,1-3H3,(H,14,17). The summed E-state index contributed by atoms with van der Waals surface area (Å²) >= 11 is 0. The molecule has 0 saturated carbocycles. The van der Waals surface area contributed by atoms with Gasteiger partial charge in [0.2, 0.25) is 5.91 Å². The van der Waals surface area contributed by atoms with E-state index in [0.29, 0.717) is 19.6 Å². The van der Waals surface area contributed by atoms with Crippen molar-refractivity contribution in [1.29, 1.82) is 0 Å². The van der Waals surface area contributed by atoms with Crippen LogP contribution in [0.5, 0.6) is 0 Å². The number of aryl methyl sites for hydroxylation is 2. The van der Waals surface area contributed by atoms with E-state index >= 15 is 0 Å². The van der Waals surface area contributed by atoms with Crippen molar-refractivity contribution in [2.45, 2.75) is 33.1 Å². The SMILES string of the molecule is CCOCCCNC(=O)CCc1cnn(C)c1C. The molecule has 0 aliphatic rings. The highest BCUT2D eigenvalue weighted by Crippen LogP contribution is 2.08. The monoisotopic (exact) mass is 253 g/mol. The maximum atomic E-state index is 11.6. The first-order chi connectivity index (χ1) is 8.65. The van der Waals surface area contributed by atoms with E-state index in [1.807, 2.05) is 31.8 Å². The van der Waals surface area contributed by atoms with Crippen LogP contribution in [0.2, 0.25) is 0 Å². The molecule has 18 heavy (non-hydrogen) atoms. The quantitative estimate of drug-likeness (QED) is 0.708. The summed E-state index contributed by atoms with van der Waals surface area (Å²) in [5.74, 6) is 0.0924. The molecule has 0 saturated heterocycles. The zero-order chi connectivity index (χ0) is 13.4. The van der Waals surface area contributed by atoms with Gasteiger partial charge in [-0.1, -0.05) is 0 Å². The average Bonchev–Trinajstić information content (AvgIpc) is 2.67. The van der Waals surface area contributed by atoms with Crippen LogP contribution in [-0.2, 0) is 23.0 Å². The van der Waals surface area contributed by atoms with Gasteiger partial charge in [-0.3, -0.25) is 9.48 Å². The number of carbonyl (C=O) groups is 1. The molecule has 0 aromatic carbocycles. The molecule has 1 aromatic heterocycles. The minimum Gasteiger partial charge on any atom is -0.382 e. The number of hydrogen-bond acceptors (Lipinski definition) is 3. The minimum atomic E-state index is 0.0924. The van der Waals surface area contributed by atoms with Crippen LogP contribution >= 0.6 is 0 Å². The second-order valence-electron chi connectivity index (χ2n) is 4.28. The van der Waals surface area contributed by atoms with Crippen molar-refractivity contribution >= 4 is 5.91 Å². The molecule has 0 fully saturated rings. The Balaban J connectivity index is 2.15. The number of hydrogen-bond donors (Lipinski definition) is 1. The minimum absolute atomic E-state index is 0.0924. The van der Waals surface area contributed by atoms with Gasteiger partial charge in [-0.05, 0) is 32.3 Å². The fourth-order valence-corrected chi connectivity index (χ4v) is 1.67. The van der Waals surface area contributed by atoms with Crippen LogP contribution < -0.4 is 5.32 Å². The molecule has 0 aliphatic heterocycles. The Morgan fingerprint density at radius 3 is 2.94 bits per heavy atom. The lowest BCUT2D eigenvalue weighted by molar-refractivity contribution is -0.121. The largest absolute Gasteiger partial charge is 0.382 e.